The molecule has 0 aliphatic carbocycles. The number of nitrogen functional groups attached to an aromatic ring is 2. The number of nitrogens with zero attached hydrogens (tertiary/aromatic N) is 4. The van der Waals surface area contributed by atoms with Gasteiger partial charge in [-0.1, -0.05) is 45.9 Å². The molecular weight excluding hydrogens is 2930 g/mol. The van der Waals surface area contributed by atoms with Crippen LogP contribution in [-0.2, 0) is 38.3 Å². The summed E-state index contributed by atoms with van der Waals surface area (Å²) in [7, 11) is 103. The second-order valence-electron chi connectivity index (χ2n) is 27.1. The van der Waals surface area contributed by atoms with Gasteiger partial charge in [-0.25, -0.2) is 43.7 Å². The fourth-order valence-corrected chi connectivity index (χ4v) is 830. The van der Waals surface area contributed by atoms with Gasteiger partial charge in [-0.3, -0.25) is 51.1 Å². The SMILES string of the molecule is CC(=O)Nc1ccc(C2=NNC(=O)C[C@H]2C)cc1F.CC(=O)OC(C)=O.CCO.CCO.C[C@@H]1CC(=O)NN=C1c1ccc(F)c(F)c1.C[C@@H]1CC(=O)NN=C1c1ccc(N)c(F)c1.C[C@@H]1CC(=O)NN=C1c1ccc(NN)c(F)c1.NN.[3H]P(P(P(P(P)P)P(P(P)P)P(P)P)P(P(P(P)P)P(P)P)P(P(P)P)P(P)P)P(P(P(P(P)P)P(P)P)P(P(P)P)P(P)P)P(P(P(P)P)P(P)P)P(P(P)P)P(P)P. The van der Waals surface area contributed by atoms with Crippen molar-refractivity contribution in [2.75, 3.05) is 29.7 Å². The molecule has 24 nitrogen and oxygen atoms in total. The molecule has 0 saturated heterocycles. The van der Waals surface area contributed by atoms with E-state index in [0.29, 0.717) is 70.8 Å². The summed E-state index contributed by atoms with van der Waals surface area (Å²) >= 11 is 0. The lowest BCUT2D eigenvalue weighted by atomic mass is 9.94. The van der Waals surface area contributed by atoms with E-state index in [9.17, 15) is 56.8 Å². The van der Waals surface area contributed by atoms with Crippen LogP contribution in [0.4, 0.5) is 39.0 Å². The Morgan fingerprint density at radius 2 is 0.585 bits per heavy atom. The van der Waals surface area contributed by atoms with E-state index in [1.165, 1.54) is 63.2 Å². The van der Waals surface area contributed by atoms with Crippen LogP contribution in [0.2, 0.25) is 0 Å². The third-order valence-electron chi connectivity index (χ3n) is 15.9. The molecule has 0 radical (unpaired) electrons. The average molecular weight is 3060 g/mol. The quantitative estimate of drug-likeness (QED) is 0.00393. The molecule has 0 fully saturated rings. The van der Waals surface area contributed by atoms with E-state index in [1.807, 2.05) is 27.7 Å². The summed E-state index contributed by atoms with van der Waals surface area (Å²) in [5, 5.41) is 33.3. The number of halogens is 5. The molecule has 37 atom stereocenters. The van der Waals surface area contributed by atoms with Gasteiger partial charge in [-0.15, -0.1) is 268 Å². The standard InChI is InChI=1S/C13H14FN3O2.C11H10F2N2O.C11H13FN4O.C11H12FN3O.C4H6O3.2C2H6O.H4N2.H61P59/c1-7-5-12(19)16-17-13(7)9-3-4-11(10(14)6-9)15-8(2)18;1-6-4-10(16)14-15-11(6)7-2-3-8(12)9(13)5-7;1-6-4-10(17)15-16-11(6)7-2-3-9(14-13)8(12)5-7;1-6-4-10(16)14-15-11(6)7-2-3-9(13)8(12)5-7;1-3(5)7-4(2)6;2*1-2-3;1-2;1-32(2)49(33(3)4)56(46(29)30)47(57(50(34(5)6)35(7)8)51(36(9)10)37(11)12)31-48(58(52(38(13)14)39(15)16)53(40(17)18)41(19)20)59(54(42(21)22)43(23)24)55(44(25)26)45(27)28/h3-4,6-7H,5H2,1-2H3,(H,15,18)(H,16,19);2-3,5-6H,4H2,1H3,(H,14,16);2-3,5-6,14H,4,13H2,1H3,(H,15,17);2-3,5-6H,4,13H2,1H3,(H,14,16);1-2H3;2*3H,2H2,1H3;1-2H2;31H,1-30H2/t7-;3*6-;;;;;/m1111...../s1/i;;;;;;;;31T. The van der Waals surface area contributed by atoms with Crippen LogP contribution in [-0.4, -0.2) is 89.0 Å². The van der Waals surface area contributed by atoms with Gasteiger partial charge in [0.2, 0.25) is 29.5 Å². The zero-order chi connectivity index (χ0) is 111. The second kappa shape index (κ2) is 86.2. The maximum atomic E-state index is 13.8. The van der Waals surface area contributed by atoms with Crippen molar-refractivity contribution in [3.05, 3.63) is 124 Å². The molecule has 4 aliphatic heterocycles. The second-order valence-corrected chi connectivity index (χ2v) is 268. The largest absolute Gasteiger partial charge is 0.397 e. The Hall–Kier alpha value is 16.5. The lowest BCUT2D eigenvalue weighted by molar-refractivity contribution is -0.156. The molecule has 16 N–H and O–H groups in total. The predicted octanol–water partition coefficient (Wildman–Crippen LogP) is 39.1. The number of esters is 2. The Labute approximate surface area is 939 Å². The monoisotopic (exact) mass is 3060 g/mol. The third-order valence-corrected chi connectivity index (χ3v) is 417. The van der Waals surface area contributed by atoms with Gasteiger partial charge in [0.15, 0.2) is 11.6 Å². The number of hydrogen-bond donors (Lipinski definition) is 12. The molecule has 4 aliphatic rings. The summed E-state index contributed by atoms with van der Waals surface area (Å²) < 4.78 is 82.6. The Morgan fingerprint density at radius 1 is 0.373 bits per heavy atom. The van der Waals surface area contributed by atoms with Gasteiger partial charge < -0.3 is 31.4 Å². The highest BCUT2D eigenvalue weighted by Crippen LogP contribution is 3.44. The zero-order valence-corrected chi connectivity index (χ0v) is 138. The van der Waals surface area contributed by atoms with Crippen LogP contribution in [0.15, 0.2) is 93.2 Å². The number of amides is 5. The molecule has 0 saturated carbocycles. The van der Waals surface area contributed by atoms with Crippen LogP contribution >= 0.6 is 471 Å². The molecule has 4 heterocycles. The number of rotatable bonds is 34. The first kappa shape index (κ1) is 156. The van der Waals surface area contributed by atoms with Crippen molar-refractivity contribution in [1.82, 2.24) is 21.7 Å². The van der Waals surface area contributed by atoms with Crippen LogP contribution in [0.3, 0.4) is 0 Å². The highest BCUT2D eigenvalue weighted by Gasteiger charge is 2.56. The number of aliphatic hydroxyl groups is 2. The number of hydrogen-bond acceptors (Lipinski definition) is 19. The lowest BCUT2D eigenvalue weighted by Crippen LogP contribution is -2.32. The number of anilines is 3. The normalized spacial score (nSPS) is 16.8. The number of nitrogens with one attached hydrogen (secondary N) is 6. The number of hydrazine groups is 2. The Kier molecular flexibility index (Phi) is 95.0. The van der Waals surface area contributed by atoms with E-state index in [-0.39, 0.29) is 265 Å². The number of aliphatic hydroxyl groups excluding tert-OH is 2. The van der Waals surface area contributed by atoms with Crippen LogP contribution < -0.4 is 55.7 Å². The van der Waals surface area contributed by atoms with Crippen molar-refractivity contribution < 1.29 is 70.5 Å². The van der Waals surface area contributed by atoms with E-state index >= 15 is 0 Å². The summed E-state index contributed by atoms with van der Waals surface area (Å²) in [5.41, 5.74) is 22.5. The lowest BCUT2D eigenvalue weighted by Gasteiger charge is -2.56. The zero-order valence-electron chi connectivity index (χ0n) is 78.4. The first-order valence-corrected chi connectivity index (χ1v) is 145. The fraction of sp³-hybridized carbons (Fsp3) is 0.352. The molecule has 4 aromatic rings. The number of carbonyl (C=O) groups is 7. The van der Waals surface area contributed by atoms with Crippen molar-refractivity contribution in [3.8, 4) is 0 Å². The first-order chi connectivity index (χ1) is 66.4. The van der Waals surface area contributed by atoms with Gasteiger partial charge >= 0.3 is 11.9 Å². The summed E-state index contributed by atoms with van der Waals surface area (Å²) in [6.07, 6.45) is 1.36. The minimum Gasteiger partial charge on any atom is -0.397 e. The van der Waals surface area contributed by atoms with Crippen molar-refractivity contribution in [2.45, 2.75) is 88.0 Å². The molecule has 0 spiro atoms. The van der Waals surface area contributed by atoms with Gasteiger partial charge in [0.05, 0.1) is 41.2 Å². The van der Waals surface area contributed by atoms with Gasteiger partial charge in [0.25, 0.3) is 0 Å². The Bertz CT molecular complexity index is 4500. The first-order valence-electron chi connectivity index (χ1n) is 39.0. The fourth-order valence-electron chi connectivity index (χ4n) is 10.7. The van der Waals surface area contributed by atoms with Gasteiger partial charge in [0, 0.05) is 106 Å². The van der Waals surface area contributed by atoms with Crippen LogP contribution in [0.25, 0.3) is 0 Å². The van der Waals surface area contributed by atoms with Crippen LogP contribution in [0.1, 0.15) is 110 Å². The van der Waals surface area contributed by atoms with Crippen molar-refractivity contribution in [3.63, 3.8) is 0 Å². The maximum absolute atomic E-state index is 13.8. The molecule has 5 amide bonds. The van der Waals surface area contributed by atoms with E-state index < -0.39 is 62.9 Å². The predicted molar refractivity (Wildman–Crippen MR) is 796 cm³/mol. The van der Waals surface area contributed by atoms with E-state index in [1.54, 1.807) is 32.0 Å². The molecule has 8 rings (SSSR count). The number of benzene rings is 4. The van der Waals surface area contributed by atoms with Crippen LogP contribution in [0.5, 0.6) is 0 Å². The topological polar surface area (TPSA) is 395 Å². The van der Waals surface area contributed by atoms with Gasteiger partial charge in [-0.2, -0.15) is 20.4 Å². The van der Waals surface area contributed by atoms with E-state index in [2.05, 4.69) is 337 Å². The van der Waals surface area contributed by atoms with Crippen LogP contribution in [0, 0.1) is 52.8 Å². The number of hydrazone groups is 4. The molecule has 142 heavy (non-hydrogen) atoms. The average Bonchev–Trinajstić information content (AvgIpc) is 0.732. The Morgan fingerprint density at radius 3 is 0.782 bits per heavy atom. The molecule has 0 bridgehead atoms. The summed E-state index contributed by atoms with van der Waals surface area (Å²) in [5.74, 6) is 7.67. The minimum absolute atomic E-state index is 0.0169. The summed E-state index contributed by atoms with van der Waals surface area (Å²) in [6, 6.07) is 17.2. The molecule has 808 valence electrons. The third kappa shape index (κ3) is 58.4. The highest BCUT2D eigenvalue weighted by atomic mass is 33.5. The van der Waals surface area contributed by atoms with E-state index in [0.717, 1.165) is 12.1 Å². The number of ether oxygens (including phenoxy) is 1. The molecule has 33 unspecified atom stereocenters. The molecule has 4 aromatic carbocycles. The molecule has 88 heteroatoms. The van der Waals surface area contributed by atoms with E-state index in [4.69, 9.17) is 21.8 Å². The van der Waals surface area contributed by atoms with Gasteiger partial charge in [-0.05, 0) is 272 Å². The van der Waals surface area contributed by atoms with Gasteiger partial charge in [0.1, 0.15) is 17.5 Å². The Balaban J connectivity index is 0.00000193. The maximum Gasteiger partial charge on any atom is 0.310 e. The highest BCUT2D eigenvalue weighted by molar-refractivity contribution is 9.50. The van der Waals surface area contributed by atoms with Crippen molar-refractivity contribution in [2.24, 2.45) is 61.6 Å². The van der Waals surface area contributed by atoms with Crippen molar-refractivity contribution >= 4 is 553 Å². The smallest absolute Gasteiger partial charge is 0.310 e. The molecule has 0 aromatic heterocycles. The van der Waals surface area contributed by atoms with Crippen molar-refractivity contribution in [1.29, 1.82) is 1.28 Å². The number of nitrogens with two attached hydrogens (primary N) is 4. The summed E-state index contributed by atoms with van der Waals surface area (Å²) in [4.78, 5) is 74.8. The number of carbonyl (C=O) groups excluding carboxylic acids is 7. The minimum atomic E-state index is -0.988. The summed E-state index contributed by atoms with van der Waals surface area (Å²) in [6.45, 7) is 6.04. The molecular formula is C54H132F5N14O10P59.